The second kappa shape index (κ2) is 16.0. The van der Waals surface area contributed by atoms with Crippen molar-refractivity contribution in [3.63, 3.8) is 0 Å². The number of halogens is 2. The first-order valence-corrected chi connectivity index (χ1v) is 18.7. The summed E-state index contributed by atoms with van der Waals surface area (Å²) in [4.78, 5) is 61.5. The van der Waals surface area contributed by atoms with Crippen molar-refractivity contribution < 1.29 is 33.8 Å². The van der Waals surface area contributed by atoms with Crippen LogP contribution in [0.15, 0.2) is 79.9 Å². The summed E-state index contributed by atoms with van der Waals surface area (Å²) in [5, 5.41) is 11.0. The molecule has 1 unspecified atom stereocenters. The van der Waals surface area contributed by atoms with E-state index in [0.717, 1.165) is 0 Å². The van der Waals surface area contributed by atoms with Crippen molar-refractivity contribution in [2.24, 2.45) is 17.8 Å². The Morgan fingerprint density at radius 1 is 1.12 bits per heavy atom. The SMILES string of the molecule is C=CCCC(=O)N(C)[C@@H](C)[C@@H](OC(=O)[C@@H]1[C@H]2O[C@@]3(CC2Br)[C@H](C(=O)N(CC=C)c2ccccc2Cl)N([C@@H](CO)C(C)C)C(=O)[C@@H]13)c1ccccc1. The lowest BCUT2D eigenvalue weighted by molar-refractivity contribution is -0.165. The molecule has 3 saturated heterocycles. The number of likely N-dealkylation sites (tertiary alicyclic amines) is 1. The number of likely N-dealkylation sites (N-methyl/N-ethyl adjacent to an activating group) is 1. The number of hydrogen-bond acceptors (Lipinski definition) is 7. The van der Waals surface area contributed by atoms with E-state index < -0.39 is 72.2 Å². The van der Waals surface area contributed by atoms with E-state index in [-0.39, 0.29) is 36.0 Å². The number of allylic oxidation sites excluding steroid dienone is 1. The lowest BCUT2D eigenvalue weighted by Gasteiger charge is -2.40. The Kier molecular flexibility index (Phi) is 12.2. The van der Waals surface area contributed by atoms with Crippen LogP contribution in [0, 0.1) is 17.8 Å². The largest absolute Gasteiger partial charge is 0.455 e. The van der Waals surface area contributed by atoms with Gasteiger partial charge in [-0.1, -0.05) is 96.0 Å². The summed E-state index contributed by atoms with van der Waals surface area (Å²) in [6, 6.07) is 13.6. The molecule has 0 radical (unpaired) electrons. The molecule has 3 aliphatic heterocycles. The van der Waals surface area contributed by atoms with Crippen LogP contribution in [0.25, 0.3) is 0 Å². The van der Waals surface area contributed by atoms with E-state index in [1.165, 1.54) is 9.80 Å². The molecule has 10 nitrogen and oxygen atoms in total. The summed E-state index contributed by atoms with van der Waals surface area (Å²) in [5.74, 6) is -4.08. The number of esters is 1. The molecular formula is C39H47BrClN3O7. The molecule has 2 bridgehead atoms. The number of amides is 3. The highest BCUT2D eigenvalue weighted by Gasteiger charge is 2.78. The zero-order valence-corrected chi connectivity index (χ0v) is 31.8. The van der Waals surface area contributed by atoms with Crippen LogP contribution in [-0.2, 0) is 28.7 Å². The van der Waals surface area contributed by atoms with Crippen LogP contribution in [0.3, 0.4) is 0 Å². The number of para-hydroxylation sites is 1. The summed E-state index contributed by atoms with van der Waals surface area (Å²) in [6.07, 6.45) is 2.65. The Bertz CT molecular complexity index is 1640. The predicted octanol–water partition coefficient (Wildman–Crippen LogP) is 5.72. The molecule has 1 N–H and O–H groups in total. The van der Waals surface area contributed by atoms with Crippen molar-refractivity contribution >= 4 is 56.9 Å². The van der Waals surface area contributed by atoms with Gasteiger partial charge in [-0.3, -0.25) is 19.2 Å². The lowest BCUT2D eigenvalue weighted by Crippen LogP contribution is -2.60. The minimum absolute atomic E-state index is 0.0929. The summed E-state index contributed by atoms with van der Waals surface area (Å²) < 4.78 is 13.1. The van der Waals surface area contributed by atoms with Gasteiger partial charge in [-0.25, -0.2) is 0 Å². The third kappa shape index (κ3) is 7.02. The second-order valence-corrected chi connectivity index (χ2v) is 15.5. The number of hydrogen-bond donors (Lipinski definition) is 1. The molecule has 0 aliphatic carbocycles. The zero-order valence-electron chi connectivity index (χ0n) is 29.5. The van der Waals surface area contributed by atoms with Crippen molar-refractivity contribution in [1.82, 2.24) is 9.80 Å². The van der Waals surface area contributed by atoms with E-state index in [1.807, 2.05) is 51.1 Å². The molecule has 51 heavy (non-hydrogen) atoms. The Morgan fingerprint density at radius 3 is 2.39 bits per heavy atom. The van der Waals surface area contributed by atoms with Crippen LogP contribution in [0.4, 0.5) is 5.69 Å². The molecular weight excluding hydrogens is 738 g/mol. The Morgan fingerprint density at radius 2 is 1.78 bits per heavy atom. The number of benzene rings is 2. The van der Waals surface area contributed by atoms with Gasteiger partial charge in [-0.05, 0) is 43.4 Å². The van der Waals surface area contributed by atoms with Crippen LogP contribution in [0.1, 0.15) is 51.7 Å². The zero-order chi connectivity index (χ0) is 37.2. The van der Waals surface area contributed by atoms with Crippen molar-refractivity contribution in [2.75, 3.05) is 25.1 Å². The molecule has 2 aromatic rings. The molecule has 0 saturated carbocycles. The van der Waals surface area contributed by atoms with Gasteiger partial charge in [0.05, 0.1) is 47.3 Å². The van der Waals surface area contributed by atoms with Gasteiger partial charge in [0.25, 0.3) is 5.91 Å². The smallest absolute Gasteiger partial charge is 0.313 e. The quantitative estimate of drug-likeness (QED) is 0.140. The standard InChI is InChI=1S/C39H47BrClN3O7/c1-7-9-19-30(46)42(6)24(5)33(25-15-11-10-12-16-25)50-38(49)31-32-36(47)44(29(22-45)23(3)4)35(39(32)21-26(40)34(31)51-39)37(48)43(20-8-2)28-18-14-13-17-27(28)41/h7-8,10-18,23-24,26,29,31-35,45H,1-2,9,19-22H2,3-6H3/t24-,26?,29-,31-,32+,33+,34-,35-,39+/m0/s1. The molecule has 1 spiro atoms. The van der Waals surface area contributed by atoms with Crippen molar-refractivity contribution in [3.05, 3.63) is 90.5 Å². The number of nitrogens with zero attached hydrogens (tertiary/aromatic N) is 3. The van der Waals surface area contributed by atoms with Gasteiger partial charge in [-0.15, -0.1) is 13.2 Å². The number of fused-ring (bicyclic) bond motifs is 1. The van der Waals surface area contributed by atoms with Gasteiger partial charge in [0.1, 0.15) is 17.7 Å². The fourth-order valence-corrected chi connectivity index (χ4v) is 9.15. The number of aliphatic hydroxyl groups excluding tert-OH is 1. The number of alkyl halides is 1. The molecule has 3 aliphatic rings. The minimum Gasteiger partial charge on any atom is -0.455 e. The average molecular weight is 785 g/mol. The predicted molar refractivity (Wildman–Crippen MR) is 199 cm³/mol. The molecule has 274 valence electrons. The summed E-state index contributed by atoms with van der Waals surface area (Å²) in [6.45, 7) is 12.8. The normalized spacial score (nSPS) is 26.7. The summed E-state index contributed by atoms with van der Waals surface area (Å²) in [5.41, 5.74) is -0.291. The molecule has 3 fully saturated rings. The van der Waals surface area contributed by atoms with E-state index in [0.29, 0.717) is 22.7 Å². The Hall–Kier alpha value is -3.51. The van der Waals surface area contributed by atoms with Crippen LogP contribution < -0.4 is 4.90 Å². The first-order valence-electron chi connectivity index (χ1n) is 17.4. The van der Waals surface area contributed by atoms with E-state index in [1.54, 1.807) is 48.4 Å². The minimum atomic E-state index is -1.41. The topological polar surface area (TPSA) is 117 Å². The van der Waals surface area contributed by atoms with Gasteiger partial charge >= 0.3 is 5.97 Å². The van der Waals surface area contributed by atoms with Gasteiger partial charge < -0.3 is 29.3 Å². The maximum atomic E-state index is 15.0. The second-order valence-electron chi connectivity index (χ2n) is 13.9. The van der Waals surface area contributed by atoms with Crippen LogP contribution in [0.5, 0.6) is 0 Å². The number of rotatable bonds is 15. The van der Waals surface area contributed by atoms with Gasteiger partial charge in [0.15, 0.2) is 0 Å². The van der Waals surface area contributed by atoms with Gasteiger partial charge in [0, 0.05) is 24.8 Å². The monoisotopic (exact) mass is 783 g/mol. The average Bonchev–Trinajstić information content (AvgIpc) is 3.71. The van der Waals surface area contributed by atoms with E-state index in [9.17, 15) is 24.3 Å². The maximum absolute atomic E-state index is 15.0. The van der Waals surface area contributed by atoms with Crippen molar-refractivity contribution in [3.8, 4) is 0 Å². The van der Waals surface area contributed by atoms with Gasteiger partial charge in [0.2, 0.25) is 11.8 Å². The lowest BCUT2D eigenvalue weighted by atomic mass is 9.70. The molecule has 0 aromatic heterocycles. The first kappa shape index (κ1) is 38.7. The molecule has 2 aromatic carbocycles. The highest BCUT2D eigenvalue weighted by molar-refractivity contribution is 9.09. The molecule has 3 heterocycles. The van der Waals surface area contributed by atoms with Crippen molar-refractivity contribution in [2.45, 2.75) is 80.8 Å². The van der Waals surface area contributed by atoms with E-state index >= 15 is 0 Å². The van der Waals surface area contributed by atoms with Crippen LogP contribution in [-0.4, -0.2) is 93.5 Å². The van der Waals surface area contributed by atoms with E-state index in [2.05, 4.69) is 29.1 Å². The van der Waals surface area contributed by atoms with E-state index in [4.69, 9.17) is 21.1 Å². The summed E-state index contributed by atoms with van der Waals surface area (Å²) >= 11 is 10.3. The third-order valence-electron chi connectivity index (χ3n) is 10.6. The molecule has 12 heteroatoms. The fourth-order valence-electron chi connectivity index (χ4n) is 7.97. The third-order valence-corrected chi connectivity index (χ3v) is 11.8. The van der Waals surface area contributed by atoms with Gasteiger partial charge in [-0.2, -0.15) is 0 Å². The molecule has 5 rings (SSSR count). The highest BCUT2D eigenvalue weighted by Crippen LogP contribution is 2.61. The first-order chi connectivity index (χ1) is 24.3. The number of carbonyl (C=O) groups excluding carboxylic acids is 4. The molecule has 3 amide bonds. The van der Waals surface area contributed by atoms with Crippen LogP contribution in [0.2, 0.25) is 5.02 Å². The Balaban J connectivity index is 1.56. The fraction of sp³-hybridized carbons (Fsp3) is 0.487. The summed E-state index contributed by atoms with van der Waals surface area (Å²) in [7, 11) is 1.67. The maximum Gasteiger partial charge on any atom is 0.313 e. The van der Waals surface area contributed by atoms with Crippen LogP contribution >= 0.6 is 27.5 Å². The Labute approximate surface area is 313 Å². The molecule has 9 atom stereocenters. The van der Waals surface area contributed by atoms with Crippen molar-refractivity contribution in [1.29, 1.82) is 0 Å². The number of aliphatic hydroxyl groups is 1. The highest BCUT2D eigenvalue weighted by atomic mass is 79.9. The number of anilines is 1. The number of carbonyl (C=O) groups is 4. The number of ether oxygens (including phenoxy) is 2.